The lowest BCUT2D eigenvalue weighted by Crippen LogP contribution is -1.85. The Hall–Kier alpha value is -0.260. The fourth-order valence-corrected chi connectivity index (χ4v) is 0.917. The molecule has 0 radical (unpaired) electrons. The van der Waals surface area contributed by atoms with Gasteiger partial charge in [0, 0.05) is 0 Å². The van der Waals surface area contributed by atoms with Crippen molar-refractivity contribution in [1.82, 2.24) is 0 Å². The smallest absolute Gasteiger partial charge is 0.0348 e. The van der Waals surface area contributed by atoms with Gasteiger partial charge in [0.1, 0.15) is 0 Å². The maximum Gasteiger partial charge on any atom is -0.0348 e. The third-order valence-corrected chi connectivity index (χ3v) is 1.54. The SMILES string of the molecule is CC(C)=CCCCC(C)C. The Morgan fingerprint density at radius 3 is 2.30 bits per heavy atom. The Bertz CT molecular complexity index is 94.6. The van der Waals surface area contributed by atoms with Gasteiger partial charge in [-0.1, -0.05) is 31.9 Å². The lowest BCUT2D eigenvalue weighted by atomic mass is 10.1. The second-order valence-electron chi connectivity index (χ2n) is 3.61. The van der Waals surface area contributed by atoms with E-state index in [9.17, 15) is 0 Å². The molecule has 0 unspecified atom stereocenters. The molecule has 0 aliphatic carbocycles. The topological polar surface area (TPSA) is 0 Å². The summed E-state index contributed by atoms with van der Waals surface area (Å²) in [6, 6.07) is 0. The molecule has 0 spiro atoms. The highest BCUT2D eigenvalue weighted by atomic mass is 14.0. The molecule has 0 bridgehead atoms. The first-order chi connectivity index (χ1) is 4.63. The quantitative estimate of drug-likeness (QED) is 0.412. The third kappa shape index (κ3) is 7.74. The monoisotopic (exact) mass is 140 g/mol. The van der Waals surface area contributed by atoms with Gasteiger partial charge in [-0.3, -0.25) is 0 Å². The van der Waals surface area contributed by atoms with Gasteiger partial charge in [-0.05, 0) is 32.6 Å². The van der Waals surface area contributed by atoms with E-state index in [0.29, 0.717) is 0 Å². The third-order valence-electron chi connectivity index (χ3n) is 1.54. The Morgan fingerprint density at radius 2 is 1.90 bits per heavy atom. The molecule has 0 N–H and O–H groups in total. The number of unbranched alkanes of at least 4 members (excludes halogenated alkanes) is 1. The second kappa shape index (κ2) is 5.52. The van der Waals surface area contributed by atoms with Crippen LogP contribution in [0.3, 0.4) is 0 Å². The van der Waals surface area contributed by atoms with Crippen LogP contribution >= 0.6 is 0 Å². The van der Waals surface area contributed by atoms with Gasteiger partial charge in [-0.15, -0.1) is 0 Å². The lowest BCUT2D eigenvalue weighted by molar-refractivity contribution is 0.559. The fraction of sp³-hybridized carbons (Fsp3) is 0.800. The Balaban J connectivity index is 3.13. The highest BCUT2D eigenvalue weighted by Gasteiger charge is 1.90. The van der Waals surface area contributed by atoms with E-state index >= 15 is 0 Å². The maximum absolute atomic E-state index is 2.32. The van der Waals surface area contributed by atoms with Crippen molar-refractivity contribution in [2.24, 2.45) is 5.92 Å². The second-order valence-corrected chi connectivity index (χ2v) is 3.61. The predicted molar refractivity (Wildman–Crippen MR) is 48.1 cm³/mol. The average molecular weight is 140 g/mol. The normalized spacial score (nSPS) is 10.1. The van der Waals surface area contributed by atoms with E-state index in [4.69, 9.17) is 0 Å². The molecular weight excluding hydrogens is 120 g/mol. The van der Waals surface area contributed by atoms with Gasteiger partial charge in [0.05, 0.1) is 0 Å². The Kier molecular flexibility index (Phi) is 5.38. The zero-order valence-corrected chi connectivity index (χ0v) is 7.78. The molecule has 0 aromatic rings. The minimum Gasteiger partial charge on any atom is -0.0859 e. The molecule has 0 nitrogen and oxygen atoms in total. The molecule has 0 saturated heterocycles. The molecule has 0 aromatic carbocycles. The molecule has 0 saturated carbocycles. The molecule has 0 atom stereocenters. The van der Waals surface area contributed by atoms with E-state index in [1.165, 1.54) is 24.8 Å². The van der Waals surface area contributed by atoms with Crippen LogP contribution in [0.2, 0.25) is 0 Å². The first-order valence-electron chi connectivity index (χ1n) is 4.26. The largest absolute Gasteiger partial charge is 0.0859 e. The van der Waals surface area contributed by atoms with Crippen molar-refractivity contribution in [3.05, 3.63) is 11.6 Å². The number of hydrogen-bond acceptors (Lipinski definition) is 0. The van der Waals surface area contributed by atoms with Crippen molar-refractivity contribution in [2.75, 3.05) is 0 Å². The minimum absolute atomic E-state index is 0.866. The molecule has 10 heavy (non-hydrogen) atoms. The van der Waals surface area contributed by atoms with Crippen LogP contribution in [0.1, 0.15) is 47.0 Å². The summed E-state index contributed by atoms with van der Waals surface area (Å²) in [6.07, 6.45) is 6.30. The van der Waals surface area contributed by atoms with E-state index in [2.05, 4.69) is 33.8 Å². The molecule has 0 aliphatic heterocycles. The van der Waals surface area contributed by atoms with Gasteiger partial charge in [0.15, 0.2) is 0 Å². The van der Waals surface area contributed by atoms with Crippen LogP contribution in [0.4, 0.5) is 0 Å². The van der Waals surface area contributed by atoms with Crippen LogP contribution in [-0.4, -0.2) is 0 Å². The summed E-state index contributed by atoms with van der Waals surface area (Å²) in [5.74, 6) is 0.866. The van der Waals surface area contributed by atoms with Gasteiger partial charge in [-0.2, -0.15) is 0 Å². The summed E-state index contributed by atoms with van der Waals surface area (Å²) in [5, 5.41) is 0. The molecule has 0 heteroatoms. The van der Waals surface area contributed by atoms with E-state index in [1.807, 2.05) is 0 Å². The summed E-state index contributed by atoms with van der Waals surface area (Å²) in [6.45, 7) is 8.88. The Labute approximate surface area is 65.3 Å². The van der Waals surface area contributed by atoms with Crippen LogP contribution in [0.15, 0.2) is 11.6 Å². The molecular formula is C10H20. The summed E-state index contributed by atoms with van der Waals surface area (Å²) in [7, 11) is 0. The lowest BCUT2D eigenvalue weighted by Gasteiger charge is -2.00. The first-order valence-corrected chi connectivity index (χ1v) is 4.26. The van der Waals surface area contributed by atoms with Gasteiger partial charge in [0.25, 0.3) is 0 Å². The number of allylic oxidation sites excluding steroid dienone is 2. The summed E-state index contributed by atoms with van der Waals surface area (Å²) >= 11 is 0. The highest BCUT2D eigenvalue weighted by molar-refractivity contribution is 4.92. The van der Waals surface area contributed by atoms with E-state index in [0.717, 1.165) is 5.92 Å². The molecule has 60 valence electrons. The van der Waals surface area contributed by atoms with Crippen molar-refractivity contribution in [3.8, 4) is 0 Å². The van der Waals surface area contributed by atoms with Crippen LogP contribution in [0, 0.1) is 5.92 Å². The van der Waals surface area contributed by atoms with Crippen LogP contribution in [0.25, 0.3) is 0 Å². The van der Waals surface area contributed by atoms with Crippen molar-refractivity contribution < 1.29 is 0 Å². The number of hydrogen-bond donors (Lipinski definition) is 0. The van der Waals surface area contributed by atoms with E-state index < -0.39 is 0 Å². The maximum atomic E-state index is 2.32. The molecule has 0 rings (SSSR count). The van der Waals surface area contributed by atoms with E-state index in [1.54, 1.807) is 0 Å². The highest BCUT2D eigenvalue weighted by Crippen LogP contribution is 2.07. The van der Waals surface area contributed by atoms with Crippen LogP contribution in [0.5, 0.6) is 0 Å². The first kappa shape index (κ1) is 9.74. The molecule has 0 aromatic heterocycles. The molecule has 0 fully saturated rings. The van der Waals surface area contributed by atoms with Gasteiger partial charge in [0.2, 0.25) is 0 Å². The molecule has 0 heterocycles. The van der Waals surface area contributed by atoms with Gasteiger partial charge >= 0.3 is 0 Å². The van der Waals surface area contributed by atoms with Crippen LogP contribution in [-0.2, 0) is 0 Å². The zero-order chi connectivity index (χ0) is 7.98. The van der Waals surface area contributed by atoms with Crippen molar-refractivity contribution in [3.63, 3.8) is 0 Å². The van der Waals surface area contributed by atoms with Crippen LogP contribution < -0.4 is 0 Å². The summed E-state index contributed by atoms with van der Waals surface area (Å²) in [5.41, 5.74) is 1.45. The van der Waals surface area contributed by atoms with Crippen molar-refractivity contribution >= 4 is 0 Å². The average Bonchev–Trinajstić information content (AvgIpc) is 1.79. The van der Waals surface area contributed by atoms with Gasteiger partial charge in [-0.25, -0.2) is 0 Å². The van der Waals surface area contributed by atoms with E-state index in [-0.39, 0.29) is 0 Å². The Morgan fingerprint density at radius 1 is 1.30 bits per heavy atom. The zero-order valence-electron chi connectivity index (χ0n) is 7.78. The predicted octanol–water partition coefficient (Wildman–Crippen LogP) is 3.78. The molecule has 0 aliphatic rings. The van der Waals surface area contributed by atoms with Crippen molar-refractivity contribution in [2.45, 2.75) is 47.0 Å². The van der Waals surface area contributed by atoms with Gasteiger partial charge < -0.3 is 0 Å². The fourth-order valence-electron chi connectivity index (χ4n) is 0.917. The van der Waals surface area contributed by atoms with Crippen molar-refractivity contribution in [1.29, 1.82) is 0 Å². The summed E-state index contributed by atoms with van der Waals surface area (Å²) < 4.78 is 0. The summed E-state index contributed by atoms with van der Waals surface area (Å²) in [4.78, 5) is 0. The number of rotatable bonds is 4. The standard InChI is InChI=1S/C10H20/c1-9(2)7-5-6-8-10(3)4/h7,10H,5-6,8H2,1-4H3. The molecule has 0 amide bonds. The minimum atomic E-state index is 0.866.